The molecule has 0 radical (unpaired) electrons. The zero-order valence-electron chi connectivity index (χ0n) is 15.7. The fourth-order valence-corrected chi connectivity index (χ4v) is 4.80. The van der Waals surface area contributed by atoms with Gasteiger partial charge in [0.05, 0.1) is 16.6 Å². The number of aromatic nitrogens is 1. The van der Waals surface area contributed by atoms with Gasteiger partial charge in [0.2, 0.25) is 0 Å². The van der Waals surface area contributed by atoms with Crippen molar-refractivity contribution in [2.24, 2.45) is 5.92 Å². The molecule has 140 valence electrons. The van der Waals surface area contributed by atoms with Crippen molar-refractivity contribution in [3.05, 3.63) is 18.3 Å². The average molecular weight is 366 g/mol. The predicted octanol–water partition coefficient (Wildman–Crippen LogP) is 2.97. The van der Waals surface area contributed by atoms with E-state index in [0.29, 0.717) is 0 Å². The van der Waals surface area contributed by atoms with Crippen molar-refractivity contribution in [2.45, 2.75) is 56.2 Å². The van der Waals surface area contributed by atoms with Crippen LogP contribution >= 0.6 is 0 Å². The zero-order chi connectivity index (χ0) is 18.1. The zero-order valence-corrected chi connectivity index (χ0v) is 16.6. The Balaban J connectivity index is 1.58. The molecule has 0 saturated carbocycles. The Morgan fingerprint density at radius 3 is 2.24 bits per heavy atom. The first kappa shape index (κ1) is 18.6. The maximum atomic E-state index is 12.5. The second-order valence-electron chi connectivity index (χ2n) is 8.41. The topological polar surface area (TPSA) is 53.5 Å². The van der Waals surface area contributed by atoms with E-state index in [1.807, 2.05) is 6.07 Å². The van der Waals surface area contributed by atoms with E-state index in [4.69, 9.17) is 0 Å². The number of hydrogen-bond donors (Lipinski definition) is 0. The summed E-state index contributed by atoms with van der Waals surface area (Å²) in [6.07, 6.45) is 6.85. The first-order chi connectivity index (χ1) is 11.8. The molecule has 5 nitrogen and oxygen atoms in total. The minimum Gasteiger partial charge on any atom is -0.370 e. The number of nitrogens with zero attached hydrogens (tertiary/aromatic N) is 3. The molecule has 1 aromatic rings. The first-order valence-electron chi connectivity index (χ1n) is 9.45. The number of anilines is 1. The van der Waals surface area contributed by atoms with Gasteiger partial charge in [-0.05, 0) is 77.6 Å². The first-order valence-corrected chi connectivity index (χ1v) is 10.9. The fourth-order valence-electron chi connectivity index (χ4n) is 3.74. The van der Waals surface area contributed by atoms with Gasteiger partial charge in [0.1, 0.15) is 0 Å². The van der Waals surface area contributed by atoms with Crippen LogP contribution < -0.4 is 4.90 Å². The lowest BCUT2D eigenvalue weighted by molar-refractivity contribution is 0.249. The molecule has 2 aliphatic heterocycles. The summed E-state index contributed by atoms with van der Waals surface area (Å²) in [5.74, 6) is 0.794. The molecule has 1 aromatic heterocycles. The number of piperidine rings is 1. The predicted molar refractivity (Wildman–Crippen MR) is 102 cm³/mol. The van der Waals surface area contributed by atoms with Crippen LogP contribution in [0.25, 0.3) is 0 Å². The smallest absolute Gasteiger partial charge is 0.200 e. The van der Waals surface area contributed by atoms with Crippen LogP contribution in [0.4, 0.5) is 5.69 Å². The molecule has 0 amide bonds. The molecule has 2 saturated heterocycles. The Morgan fingerprint density at radius 2 is 1.72 bits per heavy atom. The highest BCUT2D eigenvalue weighted by Gasteiger charge is 2.32. The highest BCUT2D eigenvalue weighted by Crippen LogP contribution is 2.27. The van der Waals surface area contributed by atoms with Crippen molar-refractivity contribution < 1.29 is 8.42 Å². The Labute approximate surface area is 152 Å². The number of rotatable bonds is 4. The molecule has 0 spiro atoms. The molecule has 3 heterocycles. The van der Waals surface area contributed by atoms with Gasteiger partial charge in [-0.25, -0.2) is 13.4 Å². The molecule has 0 unspecified atom stereocenters. The van der Waals surface area contributed by atoms with Crippen LogP contribution in [0.15, 0.2) is 23.4 Å². The normalized spacial score (nSPS) is 21.0. The lowest BCUT2D eigenvalue weighted by Gasteiger charge is -2.35. The fraction of sp³-hybridized carbons (Fsp3) is 0.737. The largest absolute Gasteiger partial charge is 0.370 e. The van der Waals surface area contributed by atoms with Gasteiger partial charge in [-0.3, -0.25) is 0 Å². The summed E-state index contributed by atoms with van der Waals surface area (Å²) in [5.41, 5.74) is 1.03. The van der Waals surface area contributed by atoms with E-state index in [1.165, 1.54) is 45.3 Å². The molecule has 2 aliphatic rings. The van der Waals surface area contributed by atoms with Gasteiger partial charge >= 0.3 is 0 Å². The van der Waals surface area contributed by atoms with Crippen LogP contribution in [-0.4, -0.2) is 55.8 Å². The lowest BCUT2D eigenvalue weighted by atomic mass is 9.96. The third kappa shape index (κ3) is 4.17. The molecule has 25 heavy (non-hydrogen) atoms. The summed E-state index contributed by atoms with van der Waals surface area (Å²) < 4.78 is 24.1. The van der Waals surface area contributed by atoms with Gasteiger partial charge in [0.25, 0.3) is 0 Å². The van der Waals surface area contributed by atoms with Crippen molar-refractivity contribution >= 4 is 15.5 Å². The monoisotopic (exact) mass is 365 g/mol. The quantitative estimate of drug-likeness (QED) is 0.821. The average Bonchev–Trinajstić information content (AvgIpc) is 3.08. The second kappa shape index (κ2) is 7.23. The van der Waals surface area contributed by atoms with Crippen LogP contribution in [0.5, 0.6) is 0 Å². The number of sulfone groups is 1. The van der Waals surface area contributed by atoms with Gasteiger partial charge in [-0.2, -0.15) is 0 Å². The highest BCUT2D eigenvalue weighted by molar-refractivity contribution is 7.92. The maximum absolute atomic E-state index is 12.5. The molecule has 2 fully saturated rings. The van der Waals surface area contributed by atoms with Crippen LogP contribution in [0.3, 0.4) is 0 Å². The second-order valence-corrected chi connectivity index (χ2v) is 11.1. The molecule has 0 bridgehead atoms. The summed E-state index contributed by atoms with van der Waals surface area (Å²) in [7, 11) is -3.38. The maximum Gasteiger partial charge on any atom is 0.200 e. The molecular formula is C19H31N3O2S. The van der Waals surface area contributed by atoms with Crippen LogP contribution in [0, 0.1) is 5.92 Å². The summed E-state index contributed by atoms with van der Waals surface area (Å²) >= 11 is 0. The summed E-state index contributed by atoms with van der Waals surface area (Å²) in [5, 5.41) is 0.174. The van der Waals surface area contributed by atoms with E-state index in [1.54, 1.807) is 33.0 Å². The Hall–Kier alpha value is -1.14. The lowest BCUT2D eigenvalue weighted by Crippen LogP contribution is -2.38. The van der Waals surface area contributed by atoms with Gasteiger partial charge < -0.3 is 9.80 Å². The molecule has 3 rings (SSSR count). The van der Waals surface area contributed by atoms with E-state index in [2.05, 4.69) is 14.8 Å². The highest BCUT2D eigenvalue weighted by atomic mass is 32.2. The number of pyridine rings is 1. The van der Waals surface area contributed by atoms with Gasteiger partial charge in [-0.1, -0.05) is 0 Å². The molecule has 6 heteroatoms. The van der Waals surface area contributed by atoms with Gasteiger partial charge in [-0.15, -0.1) is 0 Å². The molecule has 0 N–H and O–H groups in total. The van der Waals surface area contributed by atoms with Crippen molar-refractivity contribution in [3.8, 4) is 0 Å². The van der Waals surface area contributed by atoms with Crippen LogP contribution in [0.2, 0.25) is 0 Å². The third-order valence-corrected chi connectivity index (χ3v) is 7.90. The summed E-state index contributed by atoms with van der Waals surface area (Å²) in [6.45, 7) is 11.0. The SMILES string of the molecule is CC(C)(C)S(=O)(=O)c1ccc(N2CCC(CN3CCCC3)CC2)cn1. The van der Waals surface area contributed by atoms with Gasteiger partial charge in [0.15, 0.2) is 14.9 Å². The van der Waals surface area contributed by atoms with E-state index in [0.717, 1.165) is 24.7 Å². The van der Waals surface area contributed by atoms with E-state index >= 15 is 0 Å². The summed E-state index contributed by atoms with van der Waals surface area (Å²) in [4.78, 5) is 9.20. The molecule has 0 atom stereocenters. The van der Waals surface area contributed by atoms with Crippen LogP contribution in [-0.2, 0) is 9.84 Å². The third-order valence-electron chi connectivity index (χ3n) is 5.50. The van der Waals surface area contributed by atoms with Gasteiger partial charge in [0, 0.05) is 19.6 Å². The standard InChI is InChI=1S/C19H31N3O2S/c1-19(2,3)25(23,24)18-7-6-17(14-20-18)22-12-8-16(9-13-22)15-21-10-4-5-11-21/h6-7,14,16H,4-5,8-13,15H2,1-3H3. The van der Waals surface area contributed by atoms with E-state index in [-0.39, 0.29) is 5.03 Å². The van der Waals surface area contributed by atoms with E-state index < -0.39 is 14.6 Å². The van der Waals surface area contributed by atoms with Crippen molar-refractivity contribution in [1.29, 1.82) is 0 Å². The molecule has 0 aromatic carbocycles. The van der Waals surface area contributed by atoms with E-state index in [9.17, 15) is 8.42 Å². The minimum atomic E-state index is -3.38. The molecular weight excluding hydrogens is 334 g/mol. The Bertz CT molecular complexity index is 666. The molecule has 0 aliphatic carbocycles. The number of hydrogen-bond acceptors (Lipinski definition) is 5. The number of likely N-dealkylation sites (tertiary alicyclic amines) is 1. The minimum absolute atomic E-state index is 0.174. The Kier molecular flexibility index (Phi) is 5.40. The summed E-state index contributed by atoms with van der Waals surface area (Å²) in [6, 6.07) is 3.57. The van der Waals surface area contributed by atoms with Crippen molar-refractivity contribution in [2.75, 3.05) is 37.6 Å². The van der Waals surface area contributed by atoms with Crippen molar-refractivity contribution in [1.82, 2.24) is 9.88 Å². The van der Waals surface area contributed by atoms with Crippen molar-refractivity contribution in [3.63, 3.8) is 0 Å². The van der Waals surface area contributed by atoms with Crippen LogP contribution in [0.1, 0.15) is 46.5 Å². The Morgan fingerprint density at radius 1 is 1.08 bits per heavy atom.